The molecule has 0 saturated heterocycles. The van der Waals surface area contributed by atoms with Crippen molar-refractivity contribution in [2.24, 2.45) is 0 Å². The number of amides is 2. The van der Waals surface area contributed by atoms with Gasteiger partial charge < -0.3 is 29.9 Å². The lowest BCUT2D eigenvalue weighted by Gasteiger charge is -2.27. The monoisotopic (exact) mass is 556 g/mol. The predicted octanol–water partition coefficient (Wildman–Crippen LogP) is 5.31. The van der Waals surface area contributed by atoms with Crippen molar-refractivity contribution in [3.8, 4) is 17.0 Å². The Hall–Kier alpha value is -4.12. The number of rotatable bonds is 8. The van der Waals surface area contributed by atoms with Crippen LogP contribution in [0, 0.1) is 5.82 Å². The smallest absolute Gasteiger partial charge is 0.410 e. The third-order valence-corrected chi connectivity index (χ3v) is 5.94. The van der Waals surface area contributed by atoms with E-state index in [1.165, 1.54) is 34.2 Å². The van der Waals surface area contributed by atoms with Gasteiger partial charge in [-0.15, -0.1) is 0 Å². The SMILES string of the molecule is CN(CCN(C=O)c1cnccc1Nc1cc(-c2cc(Cl)ccc2F)nc2c1OCCN2)C(=O)OC(C)(C)C. The molecule has 2 N–H and O–H groups in total. The van der Waals surface area contributed by atoms with Crippen molar-refractivity contribution in [1.29, 1.82) is 0 Å². The Morgan fingerprint density at radius 3 is 2.79 bits per heavy atom. The van der Waals surface area contributed by atoms with E-state index < -0.39 is 17.5 Å². The molecule has 0 aliphatic carbocycles. The standard InChI is InChI=1S/C27H30ClFN6O4/c1-27(2,3)39-26(37)34(4)10-11-35(16-36)23-15-30-8-7-20(23)32-22-14-21(18-13-17(28)5-6-19(18)29)33-25-24(22)38-12-9-31-25/h5-8,13-16H,9-12H2,1-4H3,(H2,30,31,32,33). The molecule has 1 aliphatic heterocycles. The van der Waals surface area contributed by atoms with E-state index in [4.69, 9.17) is 21.1 Å². The van der Waals surface area contributed by atoms with Gasteiger partial charge in [0.1, 0.15) is 18.0 Å². The maximum Gasteiger partial charge on any atom is 0.410 e. The second kappa shape index (κ2) is 11.7. The predicted molar refractivity (Wildman–Crippen MR) is 148 cm³/mol. The molecule has 0 radical (unpaired) electrons. The summed E-state index contributed by atoms with van der Waals surface area (Å²) in [4.78, 5) is 36.0. The summed E-state index contributed by atoms with van der Waals surface area (Å²) in [6.45, 7) is 6.71. The fourth-order valence-corrected chi connectivity index (χ4v) is 4.00. The fraction of sp³-hybridized carbons (Fsp3) is 0.333. The Labute approximate surface area is 231 Å². The molecule has 39 heavy (non-hydrogen) atoms. The van der Waals surface area contributed by atoms with Crippen LogP contribution in [0.1, 0.15) is 20.8 Å². The largest absolute Gasteiger partial charge is 0.486 e. The molecular formula is C27H30ClFN6O4. The molecule has 0 fully saturated rings. The summed E-state index contributed by atoms with van der Waals surface area (Å²) in [6, 6.07) is 7.62. The Morgan fingerprint density at radius 2 is 2.05 bits per heavy atom. The minimum absolute atomic E-state index is 0.186. The summed E-state index contributed by atoms with van der Waals surface area (Å²) in [6.07, 6.45) is 3.28. The van der Waals surface area contributed by atoms with Gasteiger partial charge in [-0.25, -0.2) is 14.2 Å². The lowest BCUT2D eigenvalue weighted by atomic mass is 10.1. The molecule has 0 saturated carbocycles. The lowest BCUT2D eigenvalue weighted by molar-refractivity contribution is -0.107. The maximum atomic E-state index is 14.7. The molecule has 1 aliphatic rings. The summed E-state index contributed by atoms with van der Waals surface area (Å²) < 4.78 is 26.0. The zero-order chi connectivity index (χ0) is 28.2. The van der Waals surface area contributed by atoms with Crippen LogP contribution in [0.4, 0.5) is 32.1 Å². The number of fused-ring (bicyclic) bond motifs is 1. The van der Waals surface area contributed by atoms with Gasteiger partial charge in [-0.1, -0.05) is 11.6 Å². The third kappa shape index (κ3) is 6.85. The first-order chi connectivity index (χ1) is 18.6. The van der Waals surface area contributed by atoms with Crippen molar-refractivity contribution in [1.82, 2.24) is 14.9 Å². The molecule has 3 aromatic rings. The summed E-state index contributed by atoms with van der Waals surface area (Å²) in [5.41, 5.74) is 1.45. The van der Waals surface area contributed by atoms with Crippen LogP contribution in [-0.2, 0) is 9.53 Å². The Kier molecular flexibility index (Phi) is 8.39. The van der Waals surface area contributed by atoms with Gasteiger partial charge in [0.05, 0.1) is 35.5 Å². The molecule has 4 rings (SSSR count). The van der Waals surface area contributed by atoms with E-state index in [9.17, 15) is 14.0 Å². The van der Waals surface area contributed by atoms with Crippen LogP contribution in [0.2, 0.25) is 5.02 Å². The number of benzene rings is 1. The molecule has 2 aromatic heterocycles. The normalized spacial score (nSPS) is 12.5. The van der Waals surface area contributed by atoms with Crippen molar-refractivity contribution in [3.63, 3.8) is 0 Å². The average molecular weight is 557 g/mol. The highest BCUT2D eigenvalue weighted by Gasteiger charge is 2.23. The number of nitrogens with one attached hydrogen (secondary N) is 2. The van der Waals surface area contributed by atoms with Crippen LogP contribution in [0.3, 0.4) is 0 Å². The van der Waals surface area contributed by atoms with Crippen LogP contribution in [-0.4, -0.2) is 66.3 Å². The molecular weight excluding hydrogens is 527 g/mol. The minimum Gasteiger partial charge on any atom is -0.486 e. The van der Waals surface area contributed by atoms with Crippen molar-refractivity contribution >= 4 is 47.0 Å². The molecule has 3 heterocycles. The highest BCUT2D eigenvalue weighted by atomic mass is 35.5. The number of hydrogen-bond donors (Lipinski definition) is 2. The first-order valence-corrected chi connectivity index (χ1v) is 12.7. The van der Waals surface area contributed by atoms with Gasteiger partial charge in [0, 0.05) is 36.9 Å². The molecule has 2 amide bonds. The topological polar surface area (TPSA) is 109 Å². The maximum absolute atomic E-state index is 14.7. The number of hydrogen-bond acceptors (Lipinski definition) is 8. The lowest BCUT2D eigenvalue weighted by Crippen LogP contribution is -2.39. The number of pyridine rings is 2. The van der Waals surface area contributed by atoms with E-state index in [1.54, 1.807) is 46.1 Å². The van der Waals surface area contributed by atoms with Crippen molar-refractivity contribution in [2.75, 3.05) is 48.8 Å². The quantitative estimate of drug-likeness (QED) is 0.359. The Bertz CT molecular complexity index is 1370. The Balaban J connectivity index is 1.63. The van der Waals surface area contributed by atoms with E-state index in [-0.39, 0.29) is 18.7 Å². The first-order valence-electron chi connectivity index (χ1n) is 12.3. The average Bonchev–Trinajstić information content (AvgIpc) is 2.90. The van der Waals surface area contributed by atoms with Gasteiger partial charge in [0.2, 0.25) is 6.41 Å². The zero-order valence-electron chi connectivity index (χ0n) is 22.1. The van der Waals surface area contributed by atoms with Crippen molar-refractivity contribution in [3.05, 3.63) is 53.6 Å². The highest BCUT2D eigenvalue weighted by Crippen LogP contribution is 2.41. The number of nitrogens with zero attached hydrogens (tertiary/aromatic N) is 4. The van der Waals surface area contributed by atoms with Crippen LogP contribution in [0.5, 0.6) is 5.75 Å². The summed E-state index contributed by atoms with van der Waals surface area (Å²) >= 11 is 6.13. The Morgan fingerprint density at radius 1 is 1.26 bits per heavy atom. The molecule has 0 spiro atoms. The van der Waals surface area contributed by atoms with E-state index in [2.05, 4.69) is 20.6 Å². The number of likely N-dealkylation sites (N-methyl/N-ethyl adjacent to an activating group) is 1. The molecule has 206 valence electrons. The van der Waals surface area contributed by atoms with E-state index in [1.807, 2.05) is 0 Å². The number of carbonyl (C=O) groups excluding carboxylic acids is 2. The fourth-order valence-electron chi connectivity index (χ4n) is 3.83. The van der Waals surface area contributed by atoms with E-state index >= 15 is 0 Å². The number of ether oxygens (including phenoxy) is 2. The molecule has 0 bridgehead atoms. The van der Waals surface area contributed by atoms with Gasteiger partial charge in [0.25, 0.3) is 0 Å². The number of halogens is 2. The first kappa shape index (κ1) is 27.9. The third-order valence-electron chi connectivity index (χ3n) is 5.71. The van der Waals surface area contributed by atoms with Gasteiger partial charge in [-0.05, 0) is 51.1 Å². The number of aromatic nitrogens is 2. The van der Waals surface area contributed by atoms with Gasteiger partial charge in [-0.2, -0.15) is 0 Å². The second-order valence-electron chi connectivity index (χ2n) is 9.85. The summed E-state index contributed by atoms with van der Waals surface area (Å²) in [5.74, 6) is 0.431. The summed E-state index contributed by atoms with van der Waals surface area (Å²) in [7, 11) is 1.60. The van der Waals surface area contributed by atoms with Gasteiger partial charge in [-0.3, -0.25) is 9.78 Å². The van der Waals surface area contributed by atoms with Crippen molar-refractivity contribution < 1.29 is 23.5 Å². The summed E-state index contributed by atoms with van der Waals surface area (Å²) in [5, 5.41) is 6.85. The molecule has 0 unspecified atom stereocenters. The van der Waals surface area contributed by atoms with E-state index in [0.29, 0.717) is 58.9 Å². The van der Waals surface area contributed by atoms with Crippen LogP contribution in [0.15, 0.2) is 42.7 Å². The van der Waals surface area contributed by atoms with Crippen molar-refractivity contribution in [2.45, 2.75) is 26.4 Å². The van der Waals surface area contributed by atoms with E-state index in [0.717, 1.165) is 0 Å². The van der Waals surface area contributed by atoms with Crippen LogP contribution >= 0.6 is 11.6 Å². The number of anilines is 4. The van der Waals surface area contributed by atoms with Crippen LogP contribution < -0.4 is 20.3 Å². The zero-order valence-corrected chi connectivity index (χ0v) is 22.9. The second-order valence-corrected chi connectivity index (χ2v) is 10.3. The number of carbonyl (C=O) groups is 2. The van der Waals surface area contributed by atoms with Crippen LogP contribution in [0.25, 0.3) is 11.3 Å². The molecule has 1 aromatic carbocycles. The molecule has 0 atom stereocenters. The highest BCUT2D eigenvalue weighted by molar-refractivity contribution is 6.30. The van der Waals surface area contributed by atoms with Gasteiger partial charge in [0.15, 0.2) is 11.6 Å². The van der Waals surface area contributed by atoms with Gasteiger partial charge >= 0.3 is 6.09 Å². The molecule has 12 heteroatoms. The minimum atomic E-state index is -0.635. The molecule has 10 nitrogen and oxygen atoms in total.